The highest BCUT2D eigenvalue weighted by atomic mass is 16.5. The zero-order valence-electron chi connectivity index (χ0n) is 12.7. The number of aliphatic hydroxyl groups is 1. The van der Waals surface area contributed by atoms with E-state index in [1.165, 1.54) is 5.69 Å². The summed E-state index contributed by atoms with van der Waals surface area (Å²) in [5.41, 5.74) is 1.27. The van der Waals surface area contributed by atoms with Crippen LogP contribution >= 0.6 is 0 Å². The molecule has 0 saturated heterocycles. The number of ether oxygens (including phenoxy) is 1. The Hall–Kier alpha value is -0.840. The maximum atomic E-state index is 10.0. The number of aryl methyl sites for hydroxylation is 1. The Bertz CT molecular complexity index is 350. The quantitative estimate of drug-likeness (QED) is 0.744. The first-order valence-electron chi connectivity index (χ1n) is 7.15. The van der Waals surface area contributed by atoms with Gasteiger partial charge >= 0.3 is 0 Å². The third-order valence-electron chi connectivity index (χ3n) is 3.07. The second-order valence-electron chi connectivity index (χ2n) is 5.38. The molecule has 1 rings (SSSR count). The number of nitrogens with zero attached hydrogens (tertiary/aromatic N) is 2. The SMILES string of the molecule is CCCN(Cc1cccn1C)CC(O)COC(C)C. The first-order chi connectivity index (χ1) is 9.02. The molecule has 110 valence electrons. The van der Waals surface area contributed by atoms with Gasteiger partial charge in [0.2, 0.25) is 0 Å². The van der Waals surface area contributed by atoms with Crippen LogP contribution in [0.1, 0.15) is 32.9 Å². The number of hydrogen-bond acceptors (Lipinski definition) is 3. The molecule has 0 radical (unpaired) electrons. The van der Waals surface area contributed by atoms with Crippen molar-refractivity contribution in [3.63, 3.8) is 0 Å². The van der Waals surface area contributed by atoms with Crippen molar-refractivity contribution in [3.8, 4) is 0 Å². The second kappa shape index (κ2) is 8.35. The summed E-state index contributed by atoms with van der Waals surface area (Å²) in [5, 5.41) is 10.0. The molecule has 1 unspecified atom stereocenters. The third kappa shape index (κ3) is 6.23. The van der Waals surface area contributed by atoms with Crippen LogP contribution in [0.15, 0.2) is 18.3 Å². The Balaban J connectivity index is 2.46. The van der Waals surface area contributed by atoms with Crippen molar-refractivity contribution in [2.24, 2.45) is 7.05 Å². The molecule has 0 spiro atoms. The van der Waals surface area contributed by atoms with Crippen LogP contribution in [0.25, 0.3) is 0 Å². The fourth-order valence-corrected chi connectivity index (χ4v) is 2.10. The predicted octanol–water partition coefficient (Wildman–Crippen LogP) is 2.02. The highest BCUT2D eigenvalue weighted by molar-refractivity contribution is 5.06. The second-order valence-corrected chi connectivity index (χ2v) is 5.38. The summed E-state index contributed by atoms with van der Waals surface area (Å²) in [7, 11) is 2.05. The van der Waals surface area contributed by atoms with Crippen LogP contribution in [0, 0.1) is 0 Å². The molecule has 0 aliphatic carbocycles. The van der Waals surface area contributed by atoms with E-state index >= 15 is 0 Å². The van der Waals surface area contributed by atoms with Gasteiger partial charge in [-0.2, -0.15) is 0 Å². The minimum Gasteiger partial charge on any atom is -0.389 e. The summed E-state index contributed by atoms with van der Waals surface area (Å²) >= 11 is 0. The lowest BCUT2D eigenvalue weighted by Crippen LogP contribution is -2.36. The maximum Gasteiger partial charge on any atom is 0.0900 e. The van der Waals surface area contributed by atoms with E-state index in [0.717, 1.165) is 19.5 Å². The van der Waals surface area contributed by atoms with Gasteiger partial charge in [-0.05, 0) is 38.9 Å². The molecule has 1 atom stereocenters. The van der Waals surface area contributed by atoms with Gasteiger partial charge in [-0.3, -0.25) is 4.90 Å². The molecule has 0 fully saturated rings. The van der Waals surface area contributed by atoms with Gasteiger partial charge in [-0.25, -0.2) is 0 Å². The van der Waals surface area contributed by atoms with E-state index in [0.29, 0.717) is 13.2 Å². The summed E-state index contributed by atoms with van der Waals surface area (Å²) in [6, 6.07) is 4.18. The van der Waals surface area contributed by atoms with Crippen LogP contribution < -0.4 is 0 Å². The molecule has 0 bridgehead atoms. The molecule has 0 aliphatic rings. The number of aromatic nitrogens is 1. The Morgan fingerprint density at radius 2 is 2.16 bits per heavy atom. The van der Waals surface area contributed by atoms with Gasteiger partial charge in [0, 0.05) is 32.0 Å². The normalized spacial score (nSPS) is 13.4. The minimum atomic E-state index is -0.422. The average molecular weight is 268 g/mol. The van der Waals surface area contributed by atoms with Gasteiger partial charge in [-0.1, -0.05) is 6.92 Å². The molecule has 0 amide bonds. The molecular weight excluding hydrogens is 240 g/mol. The lowest BCUT2D eigenvalue weighted by Gasteiger charge is -2.25. The van der Waals surface area contributed by atoms with Gasteiger partial charge in [-0.15, -0.1) is 0 Å². The van der Waals surface area contributed by atoms with E-state index < -0.39 is 6.10 Å². The van der Waals surface area contributed by atoms with Crippen molar-refractivity contribution < 1.29 is 9.84 Å². The highest BCUT2D eigenvalue weighted by Crippen LogP contribution is 2.07. The molecule has 19 heavy (non-hydrogen) atoms. The first kappa shape index (κ1) is 16.2. The van der Waals surface area contributed by atoms with Crippen molar-refractivity contribution >= 4 is 0 Å². The lowest BCUT2D eigenvalue weighted by atomic mass is 10.3. The largest absolute Gasteiger partial charge is 0.389 e. The van der Waals surface area contributed by atoms with Gasteiger partial charge in [0.25, 0.3) is 0 Å². The van der Waals surface area contributed by atoms with E-state index in [9.17, 15) is 5.11 Å². The Labute approximate surface area is 117 Å². The van der Waals surface area contributed by atoms with E-state index in [1.54, 1.807) is 0 Å². The van der Waals surface area contributed by atoms with Gasteiger partial charge in [0.1, 0.15) is 0 Å². The first-order valence-corrected chi connectivity index (χ1v) is 7.15. The summed E-state index contributed by atoms with van der Waals surface area (Å²) in [6.07, 6.45) is 2.89. The van der Waals surface area contributed by atoms with Crippen LogP contribution in [-0.2, 0) is 18.3 Å². The van der Waals surface area contributed by atoms with Crippen LogP contribution in [0.2, 0.25) is 0 Å². The van der Waals surface area contributed by atoms with Gasteiger partial charge in [0.15, 0.2) is 0 Å². The standard InChI is InChI=1S/C15H28N2O2/c1-5-8-17(10-14-7-6-9-16(14)4)11-15(18)12-19-13(2)3/h6-7,9,13,15,18H,5,8,10-12H2,1-4H3. The smallest absolute Gasteiger partial charge is 0.0900 e. The van der Waals surface area contributed by atoms with Crippen molar-refractivity contribution in [1.82, 2.24) is 9.47 Å². The zero-order valence-corrected chi connectivity index (χ0v) is 12.7. The molecule has 1 aromatic heterocycles. The van der Waals surface area contributed by atoms with Gasteiger partial charge in [0.05, 0.1) is 18.8 Å². The average Bonchev–Trinajstić information content (AvgIpc) is 2.73. The molecular formula is C15H28N2O2. The Morgan fingerprint density at radius 3 is 2.68 bits per heavy atom. The van der Waals surface area contributed by atoms with Crippen molar-refractivity contribution in [1.29, 1.82) is 0 Å². The third-order valence-corrected chi connectivity index (χ3v) is 3.07. The van der Waals surface area contributed by atoms with Crippen molar-refractivity contribution in [2.75, 3.05) is 19.7 Å². The van der Waals surface area contributed by atoms with Crippen LogP contribution in [0.5, 0.6) is 0 Å². The topological polar surface area (TPSA) is 37.6 Å². The molecule has 0 saturated carbocycles. The predicted molar refractivity (Wildman–Crippen MR) is 78.1 cm³/mol. The molecule has 4 heteroatoms. The number of rotatable bonds is 9. The van der Waals surface area contributed by atoms with E-state index in [-0.39, 0.29) is 6.10 Å². The van der Waals surface area contributed by atoms with E-state index in [1.807, 2.05) is 13.8 Å². The van der Waals surface area contributed by atoms with E-state index in [2.05, 4.69) is 41.8 Å². The summed E-state index contributed by atoms with van der Waals surface area (Å²) in [4.78, 5) is 2.28. The van der Waals surface area contributed by atoms with Crippen molar-refractivity contribution in [2.45, 2.75) is 45.9 Å². The fourth-order valence-electron chi connectivity index (χ4n) is 2.10. The Morgan fingerprint density at radius 1 is 1.42 bits per heavy atom. The van der Waals surface area contributed by atoms with Crippen LogP contribution in [-0.4, -0.2) is 46.5 Å². The van der Waals surface area contributed by atoms with Crippen molar-refractivity contribution in [3.05, 3.63) is 24.0 Å². The molecule has 1 aromatic rings. The van der Waals surface area contributed by atoms with Crippen LogP contribution in [0.4, 0.5) is 0 Å². The summed E-state index contributed by atoms with van der Waals surface area (Å²) < 4.78 is 7.58. The highest BCUT2D eigenvalue weighted by Gasteiger charge is 2.13. The summed E-state index contributed by atoms with van der Waals surface area (Å²) in [6.45, 7) is 9.06. The zero-order chi connectivity index (χ0) is 14.3. The number of hydrogen-bond donors (Lipinski definition) is 1. The monoisotopic (exact) mass is 268 g/mol. The molecule has 1 N–H and O–H groups in total. The Kier molecular flexibility index (Phi) is 7.13. The maximum absolute atomic E-state index is 10.0. The lowest BCUT2D eigenvalue weighted by molar-refractivity contribution is -0.00971. The molecule has 0 aromatic carbocycles. The minimum absolute atomic E-state index is 0.169. The molecule has 4 nitrogen and oxygen atoms in total. The van der Waals surface area contributed by atoms with Gasteiger partial charge < -0.3 is 14.4 Å². The summed E-state index contributed by atoms with van der Waals surface area (Å²) in [5.74, 6) is 0. The number of aliphatic hydroxyl groups excluding tert-OH is 1. The fraction of sp³-hybridized carbons (Fsp3) is 0.733. The van der Waals surface area contributed by atoms with E-state index in [4.69, 9.17) is 4.74 Å². The van der Waals surface area contributed by atoms with Crippen LogP contribution in [0.3, 0.4) is 0 Å². The molecule has 1 heterocycles. The molecule has 0 aliphatic heterocycles.